The number of morpholine rings is 1. The first kappa shape index (κ1) is 13.6. The quantitative estimate of drug-likeness (QED) is 0.788. The molecule has 0 N–H and O–H groups in total. The fourth-order valence-corrected chi connectivity index (χ4v) is 2.63. The van der Waals surface area contributed by atoms with Crippen LogP contribution in [0.3, 0.4) is 0 Å². The third kappa shape index (κ3) is 2.78. The van der Waals surface area contributed by atoms with Crippen LogP contribution in [0.5, 0.6) is 0 Å². The minimum absolute atomic E-state index is 0.268. The summed E-state index contributed by atoms with van der Waals surface area (Å²) in [5.41, 5.74) is 3.36. The van der Waals surface area contributed by atoms with Crippen LogP contribution >= 0.6 is 11.6 Å². The molecule has 1 aliphatic heterocycles. The molecule has 0 aliphatic carbocycles. The Labute approximate surface area is 114 Å². The third-order valence-corrected chi connectivity index (χ3v) is 3.78. The second kappa shape index (κ2) is 5.89. The van der Waals surface area contributed by atoms with Crippen molar-refractivity contribution in [3.8, 4) is 0 Å². The number of ether oxygens (including phenoxy) is 1. The van der Waals surface area contributed by atoms with Gasteiger partial charge in [0.2, 0.25) is 0 Å². The molecule has 2 atom stereocenters. The molecule has 2 rings (SSSR count). The number of rotatable bonds is 3. The van der Waals surface area contributed by atoms with Crippen LogP contribution < -0.4 is 4.90 Å². The van der Waals surface area contributed by atoms with E-state index in [0.29, 0.717) is 11.9 Å². The van der Waals surface area contributed by atoms with Crippen LogP contribution in [0.1, 0.15) is 31.5 Å². The zero-order chi connectivity index (χ0) is 13.1. The Balaban J connectivity index is 2.34. The zero-order valence-corrected chi connectivity index (χ0v) is 12.1. The Kier molecular flexibility index (Phi) is 4.46. The van der Waals surface area contributed by atoms with Crippen LogP contribution in [0.2, 0.25) is 0 Å². The second-order valence-electron chi connectivity index (χ2n) is 4.95. The van der Waals surface area contributed by atoms with Crippen LogP contribution in [-0.2, 0) is 10.6 Å². The standard InChI is InChI=1S/C14H21ClN2O/c1-4-13-9-18-11(3)8-17(13)14-5-10(2)16-7-12(14)6-15/h5,7,11,13H,4,6,8-9H2,1-3H3. The lowest BCUT2D eigenvalue weighted by atomic mass is 10.1. The lowest BCUT2D eigenvalue weighted by molar-refractivity contribution is 0.0299. The molecule has 0 bridgehead atoms. The number of aromatic nitrogens is 1. The normalized spacial score (nSPS) is 24.3. The van der Waals surface area contributed by atoms with Crippen molar-refractivity contribution >= 4 is 17.3 Å². The van der Waals surface area contributed by atoms with Gasteiger partial charge in [-0.1, -0.05) is 6.92 Å². The van der Waals surface area contributed by atoms with Crippen molar-refractivity contribution in [2.24, 2.45) is 0 Å². The van der Waals surface area contributed by atoms with E-state index in [9.17, 15) is 0 Å². The van der Waals surface area contributed by atoms with E-state index in [-0.39, 0.29) is 6.10 Å². The highest BCUT2D eigenvalue weighted by Crippen LogP contribution is 2.28. The summed E-state index contributed by atoms with van der Waals surface area (Å²) in [7, 11) is 0. The van der Waals surface area contributed by atoms with Gasteiger partial charge in [0.1, 0.15) is 0 Å². The number of hydrogen-bond donors (Lipinski definition) is 0. The molecule has 100 valence electrons. The molecule has 2 unspecified atom stereocenters. The second-order valence-corrected chi connectivity index (χ2v) is 5.21. The number of pyridine rings is 1. The highest BCUT2D eigenvalue weighted by Gasteiger charge is 2.27. The van der Waals surface area contributed by atoms with Crippen molar-refractivity contribution < 1.29 is 4.74 Å². The van der Waals surface area contributed by atoms with Gasteiger partial charge in [-0.25, -0.2) is 0 Å². The minimum atomic E-state index is 0.268. The fourth-order valence-electron chi connectivity index (χ4n) is 2.42. The number of halogens is 1. The van der Waals surface area contributed by atoms with E-state index in [4.69, 9.17) is 16.3 Å². The van der Waals surface area contributed by atoms with Gasteiger partial charge < -0.3 is 9.64 Å². The van der Waals surface area contributed by atoms with E-state index >= 15 is 0 Å². The van der Waals surface area contributed by atoms with Gasteiger partial charge in [0.05, 0.1) is 24.6 Å². The predicted octanol–water partition coefficient (Wildman–Crippen LogP) is 3.13. The Hall–Kier alpha value is -0.800. The number of aryl methyl sites for hydroxylation is 1. The van der Waals surface area contributed by atoms with Crippen molar-refractivity contribution in [1.29, 1.82) is 0 Å². The first-order valence-corrected chi connectivity index (χ1v) is 7.08. The summed E-state index contributed by atoms with van der Waals surface area (Å²) in [5.74, 6) is 0.505. The molecule has 0 aromatic carbocycles. The van der Waals surface area contributed by atoms with Gasteiger partial charge in [0.15, 0.2) is 0 Å². The first-order chi connectivity index (χ1) is 8.65. The van der Waals surface area contributed by atoms with E-state index in [1.807, 2.05) is 13.1 Å². The van der Waals surface area contributed by atoms with E-state index in [2.05, 4.69) is 29.8 Å². The van der Waals surface area contributed by atoms with Crippen LogP contribution in [0.15, 0.2) is 12.3 Å². The molecule has 1 saturated heterocycles. The SMILES string of the molecule is CCC1COC(C)CN1c1cc(C)ncc1CCl. The number of nitrogens with zero attached hydrogens (tertiary/aromatic N) is 2. The maximum absolute atomic E-state index is 6.03. The summed E-state index contributed by atoms with van der Waals surface area (Å²) in [5, 5.41) is 0. The average Bonchev–Trinajstić information content (AvgIpc) is 2.38. The van der Waals surface area contributed by atoms with Crippen molar-refractivity contribution in [1.82, 2.24) is 4.98 Å². The molecule has 1 aromatic heterocycles. The lowest BCUT2D eigenvalue weighted by Crippen LogP contribution is -2.49. The molecule has 0 amide bonds. The molecular weight excluding hydrogens is 248 g/mol. The Bertz CT molecular complexity index is 411. The van der Waals surface area contributed by atoms with Crippen LogP contribution in [-0.4, -0.2) is 30.3 Å². The van der Waals surface area contributed by atoms with Gasteiger partial charge in [0.25, 0.3) is 0 Å². The molecule has 0 radical (unpaired) electrons. The van der Waals surface area contributed by atoms with Crippen LogP contribution in [0.4, 0.5) is 5.69 Å². The average molecular weight is 269 g/mol. The van der Waals surface area contributed by atoms with Gasteiger partial charge in [-0.2, -0.15) is 0 Å². The van der Waals surface area contributed by atoms with Crippen LogP contribution in [0.25, 0.3) is 0 Å². The summed E-state index contributed by atoms with van der Waals surface area (Å²) in [6.07, 6.45) is 3.24. The van der Waals surface area contributed by atoms with Gasteiger partial charge in [0, 0.05) is 29.7 Å². The zero-order valence-electron chi connectivity index (χ0n) is 11.3. The molecule has 1 aliphatic rings. The first-order valence-electron chi connectivity index (χ1n) is 6.55. The Morgan fingerprint density at radius 2 is 2.33 bits per heavy atom. The van der Waals surface area contributed by atoms with Gasteiger partial charge in [-0.05, 0) is 26.3 Å². The highest BCUT2D eigenvalue weighted by atomic mass is 35.5. The molecule has 2 heterocycles. The molecule has 0 saturated carbocycles. The Morgan fingerprint density at radius 3 is 3.00 bits per heavy atom. The Morgan fingerprint density at radius 1 is 1.56 bits per heavy atom. The van der Waals surface area contributed by atoms with Crippen LogP contribution in [0, 0.1) is 6.92 Å². The summed E-state index contributed by atoms with van der Waals surface area (Å²) in [6, 6.07) is 2.57. The van der Waals surface area contributed by atoms with E-state index in [1.54, 1.807) is 0 Å². The molecule has 1 fully saturated rings. The third-order valence-electron chi connectivity index (χ3n) is 3.49. The number of anilines is 1. The molecular formula is C14H21ClN2O. The largest absolute Gasteiger partial charge is 0.375 e. The maximum atomic E-state index is 6.03. The molecule has 3 nitrogen and oxygen atoms in total. The number of hydrogen-bond acceptors (Lipinski definition) is 3. The molecule has 0 spiro atoms. The monoisotopic (exact) mass is 268 g/mol. The molecule has 1 aromatic rings. The topological polar surface area (TPSA) is 25.4 Å². The van der Waals surface area contributed by atoms with Crippen molar-refractivity contribution in [3.63, 3.8) is 0 Å². The lowest BCUT2D eigenvalue weighted by Gasteiger charge is -2.40. The summed E-state index contributed by atoms with van der Waals surface area (Å²) in [6.45, 7) is 8.05. The van der Waals surface area contributed by atoms with E-state index in [0.717, 1.165) is 30.8 Å². The van der Waals surface area contributed by atoms with Crippen molar-refractivity contribution in [2.75, 3.05) is 18.1 Å². The van der Waals surface area contributed by atoms with Gasteiger partial charge >= 0.3 is 0 Å². The summed E-state index contributed by atoms with van der Waals surface area (Å²) < 4.78 is 5.75. The van der Waals surface area contributed by atoms with Crippen molar-refractivity contribution in [3.05, 3.63) is 23.5 Å². The van der Waals surface area contributed by atoms with Crippen molar-refractivity contribution in [2.45, 2.75) is 45.2 Å². The molecule has 18 heavy (non-hydrogen) atoms. The predicted molar refractivity (Wildman–Crippen MR) is 75.4 cm³/mol. The molecule has 4 heteroatoms. The van der Waals surface area contributed by atoms with Gasteiger partial charge in [-0.3, -0.25) is 4.98 Å². The van der Waals surface area contributed by atoms with E-state index in [1.165, 1.54) is 5.69 Å². The van der Waals surface area contributed by atoms with Gasteiger partial charge in [-0.15, -0.1) is 11.6 Å². The fraction of sp³-hybridized carbons (Fsp3) is 0.643. The number of alkyl halides is 1. The van der Waals surface area contributed by atoms with E-state index < -0.39 is 0 Å². The minimum Gasteiger partial charge on any atom is -0.375 e. The smallest absolute Gasteiger partial charge is 0.0723 e. The summed E-state index contributed by atoms with van der Waals surface area (Å²) in [4.78, 5) is 6.76. The highest BCUT2D eigenvalue weighted by molar-refractivity contribution is 6.17. The maximum Gasteiger partial charge on any atom is 0.0723 e. The summed E-state index contributed by atoms with van der Waals surface area (Å²) >= 11 is 6.03.